The molecule has 2 aliphatic heterocycles. The van der Waals surface area contributed by atoms with Gasteiger partial charge >= 0.3 is 0 Å². The number of anilines is 1. The van der Waals surface area contributed by atoms with E-state index in [0.717, 1.165) is 53.8 Å². The van der Waals surface area contributed by atoms with Crippen molar-refractivity contribution in [2.75, 3.05) is 31.3 Å². The number of amides is 1. The van der Waals surface area contributed by atoms with Gasteiger partial charge in [0, 0.05) is 42.1 Å². The molecule has 2 heterocycles. The molecule has 3 N–H and O–H groups in total. The van der Waals surface area contributed by atoms with E-state index in [0.29, 0.717) is 25.9 Å². The highest BCUT2D eigenvalue weighted by Gasteiger charge is 2.40. The minimum Gasteiger partial charge on any atom is -0.492 e. The Labute approximate surface area is 177 Å². The lowest BCUT2D eigenvalue weighted by atomic mass is 9.88. The van der Waals surface area contributed by atoms with Crippen molar-refractivity contribution in [3.63, 3.8) is 0 Å². The summed E-state index contributed by atoms with van der Waals surface area (Å²) in [6.07, 6.45) is 7.29. The smallest absolute Gasteiger partial charge is 0.224 e. The molecule has 3 aliphatic rings. The Balaban J connectivity index is 1.74. The van der Waals surface area contributed by atoms with Crippen LogP contribution in [0.1, 0.15) is 44.2 Å². The summed E-state index contributed by atoms with van der Waals surface area (Å²) in [6.45, 7) is 4.98. The first-order valence-corrected chi connectivity index (χ1v) is 10.7. The van der Waals surface area contributed by atoms with Gasteiger partial charge in [0.1, 0.15) is 12.4 Å². The number of hydrogen-bond donors (Lipinski definition) is 2. The lowest BCUT2D eigenvalue weighted by Gasteiger charge is -2.40. The number of benzene rings is 1. The third-order valence-corrected chi connectivity index (χ3v) is 6.22. The van der Waals surface area contributed by atoms with Crippen LogP contribution >= 0.6 is 0 Å². The fourth-order valence-electron chi connectivity index (χ4n) is 4.12. The second kappa shape index (κ2) is 8.40. The van der Waals surface area contributed by atoms with E-state index in [4.69, 9.17) is 15.2 Å². The van der Waals surface area contributed by atoms with Crippen LogP contribution in [0, 0.1) is 5.41 Å². The summed E-state index contributed by atoms with van der Waals surface area (Å²) >= 11 is 0. The molecule has 1 amide bonds. The van der Waals surface area contributed by atoms with E-state index in [1.165, 1.54) is 0 Å². The average Bonchev–Trinajstić information content (AvgIpc) is 3.52. The van der Waals surface area contributed by atoms with Crippen LogP contribution < -0.4 is 15.4 Å². The lowest BCUT2D eigenvalue weighted by molar-refractivity contribution is -0.153. The molecule has 0 unspecified atom stereocenters. The summed E-state index contributed by atoms with van der Waals surface area (Å²) in [6, 6.07) is 4.47. The van der Waals surface area contributed by atoms with Crippen molar-refractivity contribution in [2.24, 2.45) is 16.1 Å². The Bertz CT molecular complexity index is 866. The van der Waals surface area contributed by atoms with Crippen molar-refractivity contribution < 1.29 is 19.4 Å². The molecule has 1 saturated carbocycles. The maximum absolute atomic E-state index is 12.3. The number of nitrogens with zero attached hydrogens (tertiary/aromatic N) is 2. The van der Waals surface area contributed by atoms with Gasteiger partial charge in [-0.25, -0.2) is 0 Å². The molecule has 1 atom stereocenters. The number of aliphatic hydroxyl groups is 1. The number of carbonyl (C=O) groups excluding carboxylic acids is 1. The molecule has 4 rings (SSSR count). The van der Waals surface area contributed by atoms with E-state index in [1.54, 1.807) is 13.1 Å². The second-order valence-electron chi connectivity index (χ2n) is 8.79. The van der Waals surface area contributed by atoms with E-state index in [1.807, 2.05) is 23.2 Å². The largest absolute Gasteiger partial charge is 0.492 e. The SMILES string of the molecule is CC(=O)N1c2ccc(C(C=NC3CC3)=CN)c(OCC3(CO)COC3)c2CC[C@@H]1C. The normalized spacial score (nSPS) is 23.2. The number of rotatable bonds is 7. The predicted octanol–water partition coefficient (Wildman–Crippen LogP) is 2.29. The summed E-state index contributed by atoms with van der Waals surface area (Å²) in [7, 11) is 0. The Morgan fingerprint density at radius 3 is 2.73 bits per heavy atom. The van der Waals surface area contributed by atoms with Gasteiger partial charge < -0.3 is 25.2 Å². The zero-order valence-electron chi connectivity index (χ0n) is 17.8. The quantitative estimate of drug-likeness (QED) is 0.669. The molecule has 1 saturated heterocycles. The van der Waals surface area contributed by atoms with Crippen molar-refractivity contribution in [3.8, 4) is 5.75 Å². The lowest BCUT2D eigenvalue weighted by Crippen LogP contribution is -2.50. The molecule has 7 heteroatoms. The van der Waals surface area contributed by atoms with Crippen LogP contribution in [0.25, 0.3) is 5.57 Å². The Hall–Kier alpha value is -2.38. The van der Waals surface area contributed by atoms with Crippen LogP contribution in [0.2, 0.25) is 0 Å². The fraction of sp³-hybridized carbons (Fsp3) is 0.565. The van der Waals surface area contributed by atoms with Crippen LogP contribution in [0.3, 0.4) is 0 Å². The van der Waals surface area contributed by atoms with Crippen LogP contribution in [-0.4, -0.2) is 55.7 Å². The third kappa shape index (κ3) is 3.96. The zero-order valence-corrected chi connectivity index (χ0v) is 17.8. The highest BCUT2D eigenvalue weighted by Crippen LogP contribution is 2.42. The maximum atomic E-state index is 12.3. The van der Waals surface area contributed by atoms with E-state index in [2.05, 4.69) is 11.9 Å². The Kier molecular flexibility index (Phi) is 5.84. The first-order valence-electron chi connectivity index (χ1n) is 10.7. The van der Waals surface area contributed by atoms with Crippen molar-refractivity contribution in [3.05, 3.63) is 29.5 Å². The molecule has 1 aromatic rings. The number of carbonyl (C=O) groups is 1. The molecular weight excluding hydrogens is 382 g/mol. The van der Waals surface area contributed by atoms with Crippen LogP contribution in [0.4, 0.5) is 5.69 Å². The molecule has 0 spiro atoms. The van der Waals surface area contributed by atoms with Crippen molar-refractivity contribution in [1.29, 1.82) is 0 Å². The first kappa shape index (κ1) is 20.9. The van der Waals surface area contributed by atoms with Gasteiger partial charge in [-0.3, -0.25) is 9.79 Å². The molecule has 7 nitrogen and oxygen atoms in total. The van der Waals surface area contributed by atoms with Crippen molar-refractivity contribution in [1.82, 2.24) is 0 Å². The van der Waals surface area contributed by atoms with E-state index in [-0.39, 0.29) is 24.0 Å². The number of allylic oxidation sites excluding steroid dienone is 1. The Morgan fingerprint density at radius 1 is 1.40 bits per heavy atom. The molecule has 30 heavy (non-hydrogen) atoms. The average molecular weight is 414 g/mol. The molecule has 1 aromatic carbocycles. The van der Waals surface area contributed by atoms with Gasteiger partial charge in [0.15, 0.2) is 0 Å². The number of hydrogen-bond acceptors (Lipinski definition) is 6. The minimum absolute atomic E-state index is 0.0106. The van der Waals surface area contributed by atoms with Crippen molar-refractivity contribution in [2.45, 2.75) is 51.6 Å². The summed E-state index contributed by atoms with van der Waals surface area (Å²) in [5.41, 5.74) is 9.15. The third-order valence-electron chi connectivity index (χ3n) is 6.22. The first-order chi connectivity index (χ1) is 14.5. The van der Waals surface area contributed by atoms with Gasteiger partial charge in [-0.2, -0.15) is 0 Å². The molecule has 162 valence electrons. The van der Waals surface area contributed by atoms with E-state index >= 15 is 0 Å². The van der Waals surface area contributed by atoms with Gasteiger partial charge in [0.05, 0.1) is 37.0 Å². The number of nitrogens with two attached hydrogens (primary N) is 1. The number of ether oxygens (including phenoxy) is 2. The summed E-state index contributed by atoms with van der Waals surface area (Å²) < 4.78 is 11.7. The number of fused-ring (bicyclic) bond motifs is 1. The van der Waals surface area contributed by atoms with Crippen LogP contribution in [0.5, 0.6) is 5.75 Å². The van der Waals surface area contributed by atoms with Gasteiger partial charge in [0.2, 0.25) is 5.91 Å². The van der Waals surface area contributed by atoms with Crippen LogP contribution in [0.15, 0.2) is 23.3 Å². The van der Waals surface area contributed by atoms with Gasteiger partial charge in [0.25, 0.3) is 0 Å². The standard InChI is InChI=1S/C23H31N3O4/c1-15-3-6-20-21(26(15)16(2)28)8-7-19(17(9-24)10-25-18-4-5-18)22(20)30-14-23(11-27)12-29-13-23/h7-10,15,18,27H,3-6,11-14,24H2,1-2H3/t15-/m0/s1. The van der Waals surface area contributed by atoms with Gasteiger partial charge in [-0.15, -0.1) is 0 Å². The van der Waals surface area contributed by atoms with E-state index in [9.17, 15) is 9.90 Å². The summed E-state index contributed by atoms with van der Waals surface area (Å²) in [5, 5.41) is 9.81. The second-order valence-corrected chi connectivity index (χ2v) is 8.79. The number of aliphatic hydroxyl groups excluding tert-OH is 1. The molecule has 0 radical (unpaired) electrons. The molecule has 1 aliphatic carbocycles. The molecule has 2 fully saturated rings. The minimum atomic E-state index is -0.378. The summed E-state index contributed by atoms with van der Waals surface area (Å²) in [5.74, 6) is 0.746. The summed E-state index contributed by atoms with van der Waals surface area (Å²) in [4.78, 5) is 18.8. The number of aliphatic imine (C=N–C) groups is 1. The van der Waals surface area contributed by atoms with Crippen LogP contribution in [-0.2, 0) is 16.0 Å². The van der Waals surface area contributed by atoms with Crippen molar-refractivity contribution >= 4 is 23.4 Å². The Morgan fingerprint density at radius 2 is 2.17 bits per heavy atom. The van der Waals surface area contributed by atoms with E-state index < -0.39 is 0 Å². The highest BCUT2D eigenvalue weighted by molar-refractivity contribution is 6.11. The van der Waals surface area contributed by atoms with Gasteiger partial charge in [-0.05, 0) is 44.7 Å². The van der Waals surface area contributed by atoms with Gasteiger partial charge in [-0.1, -0.05) is 0 Å². The topological polar surface area (TPSA) is 97.4 Å². The predicted molar refractivity (Wildman–Crippen MR) is 117 cm³/mol. The molecule has 0 bridgehead atoms. The monoisotopic (exact) mass is 413 g/mol. The fourth-order valence-corrected chi connectivity index (χ4v) is 4.12. The molecule has 0 aromatic heterocycles. The zero-order chi connectivity index (χ0) is 21.3. The molecular formula is C23H31N3O4. The maximum Gasteiger partial charge on any atom is 0.224 e. The highest BCUT2D eigenvalue weighted by atomic mass is 16.5.